The van der Waals surface area contributed by atoms with Crippen molar-refractivity contribution in [2.45, 2.75) is 0 Å². The van der Waals surface area contributed by atoms with Crippen LogP contribution >= 0.6 is 11.3 Å². The lowest BCUT2D eigenvalue weighted by Crippen LogP contribution is -1.80. The number of benzene rings is 3. The van der Waals surface area contributed by atoms with Gasteiger partial charge in [-0.05, 0) is 82.6 Å². The van der Waals surface area contributed by atoms with Crippen molar-refractivity contribution in [3.05, 3.63) is 90.6 Å². The van der Waals surface area contributed by atoms with Crippen LogP contribution in [0.4, 0.5) is 0 Å². The van der Waals surface area contributed by atoms with Crippen molar-refractivity contribution in [3.63, 3.8) is 0 Å². The molecule has 7 rings (SSSR count). The summed E-state index contributed by atoms with van der Waals surface area (Å²) in [5, 5.41) is 3.37. The molecule has 0 radical (unpaired) electrons. The number of rotatable bonds is 3. The van der Waals surface area contributed by atoms with E-state index in [1.165, 1.54) is 10.1 Å². The van der Waals surface area contributed by atoms with Gasteiger partial charge in [-0.2, -0.15) is 0 Å². The van der Waals surface area contributed by atoms with E-state index in [1.807, 2.05) is 12.1 Å². The summed E-state index contributed by atoms with van der Waals surface area (Å²) in [4.78, 5) is 20.6. The lowest BCUT2D eigenvalue weighted by atomic mass is 10.0. The molecule has 6 heteroatoms. The first kappa shape index (κ1) is 18.3. The third-order valence-corrected chi connectivity index (χ3v) is 6.88. The Labute approximate surface area is 192 Å². The lowest BCUT2D eigenvalue weighted by Gasteiger charge is -2.01. The van der Waals surface area contributed by atoms with Crippen molar-refractivity contribution in [1.82, 2.24) is 24.9 Å². The second-order valence-corrected chi connectivity index (χ2v) is 8.99. The molecule has 4 aromatic heterocycles. The minimum absolute atomic E-state index is 0.847. The largest absolute Gasteiger partial charge is 0.338 e. The number of aromatic nitrogens is 5. The summed E-state index contributed by atoms with van der Waals surface area (Å²) in [6.07, 6.45) is 3.56. The van der Waals surface area contributed by atoms with Crippen LogP contribution in [-0.2, 0) is 0 Å². The molecule has 2 N–H and O–H groups in total. The van der Waals surface area contributed by atoms with Gasteiger partial charge in [-0.15, -0.1) is 11.3 Å². The molecule has 0 bridgehead atoms. The van der Waals surface area contributed by atoms with E-state index in [1.54, 1.807) is 23.7 Å². The van der Waals surface area contributed by atoms with Crippen LogP contribution in [0.2, 0.25) is 0 Å². The van der Waals surface area contributed by atoms with Gasteiger partial charge in [0, 0.05) is 28.2 Å². The summed E-state index contributed by atoms with van der Waals surface area (Å²) in [6, 6.07) is 25.2. The maximum Gasteiger partial charge on any atom is 0.138 e. The summed E-state index contributed by atoms with van der Waals surface area (Å²) in [5.41, 5.74) is 8.30. The number of imidazole rings is 2. The van der Waals surface area contributed by atoms with E-state index in [9.17, 15) is 0 Å². The quantitative estimate of drug-likeness (QED) is 0.307. The molecule has 0 unspecified atom stereocenters. The van der Waals surface area contributed by atoms with Crippen molar-refractivity contribution in [2.75, 3.05) is 0 Å². The fraction of sp³-hybridized carbons (Fsp3) is 0. The van der Waals surface area contributed by atoms with Crippen molar-refractivity contribution < 1.29 is 0 Å². The summed E-state index contributed by atoms with van der Waals surface area (Å²) in [7, 11) is 0. The third kappa shape index (κ3) is 3.11. The van der Waals surface area contributed by atoms with Crippen LogP contribution in [0, 0.1) is 0 Å². The van der Waals surface area contributed by atoms with Gasteiger partial charge in [-0.25, -0.2) is 9.97 Å². The Bertz CT molecular complexity index is 1770. The van der Waals surface area contributed by atoms with Gasteiger partial charge in [-0.3, -0.25) is 4.98 Å². The molecule has 3 aromatic carbocycles. The molecular weight excluding hydrogens is 426 g/mol. The van der Waals surface area contributed by atoms with Crippen LogP contribution in [0.5, 0.6) is 0 Å². The predicted octanol–water partition coefficient (Wildman–Crippen LogP) is 7.05. The van der Waals surface area contributed by atoms with Gasteiger partial charge in [0.1, 0.15) is 11.6 Å². The molecule has 0 saturated carbocycles. The molecule has 156 valence electrons. The van der Waals surface area contributed by atoms with E-state index in [0.717, 1.165) is 56.0 Å². The van der Waals surface area contributed by atoms with E-state index >= 15 is 0 Å². The number of H-pyrrole nitrogens is 2. The van der Waals surface area contributed by atoms with E-state index in [-0.39, 0.29) is 0 Å². The summed E-state index contributed by atoms with van der Waals surface area (Å²) in [6.45, 7) is 0. The molecule has 7 aromatic rings. The molecule has 4 heterocycles. The number of nitrogens with zero attached hydrogens (tertiary/aromatic N) is 3. The number of nitrogens with one attached hydrogen (secondary N) is 2. The van der Waals surface area contributed by atoms with Crippen LogP contribution in [0.25, 0.3) is 66.1 Å². The zero-order valence-corrected chi connectivity index (χ0v) is 18.2. The van der Waals surface area contributed by atoms with Gasteiger partial charge in [0.25, 0.3) is 0 Å². The number of hydrogen-bond donors (Lipinski definition) is 2. The second-order valence-electron chi connectivity index (χ2n) is 8.04. The fourth-order valence-electron chi connectivity index (χ4n) is 4.27. The standard InChI is InChI=1S/C27H17N5S/c1-4-21-23(31-26(29-21)16-7-10-28-11-8-16)14-17(1)18-2-5-22-24(15-18)32-27(30-22)20-3-6-25-19(13-20)9-12-33-25/h1-15H,(H,29,31)(H,30,32). The normalized spacial score (nSPS) is 11.6. The number of hydrogen-bond acceptors (Lipinski definition) is 4. The Morgan fingerprint density at radius 2 is 1.33 bits per heavy atom. The van der Waals surface area contributed by atoms with E-state index in [0.29, 0.717) is 0 Å². The van der Waals surface area contributed by atoms with Crippen molar-refractivity contribution in [3.8, 4) is 33.9 Å². The van der Waals surface area contributed by atoms with E-state index < -0.39 is 0 Å². The van der Waals surface area contributed by atoms with Crippen molar-refractivity contribution >= 4 is 43.5 Å². The van der Waals surface area contributed by atoms with E-state index in [4.69, 9.17) is 9.97 Å². The van der Waals surface area contributed by atoms with Gasteiger partial charge >= 0.3 is 0 Å². The van der Waals surface area contributed by atoms with Crippen LogP contribution < -0.4 is 0 Å². The Kier molecular flexibility index (Phi) is 3.95. The Morgan fingerprint density at radius 1 is 0.576 bits per heavy atom. The Hall–Kier alpha value is -4.29. The average Bonchev–Trinajstić information content (AvgIpc) is 3.60. The summed E-state index contributed by atoms with van der Waals surface area (Å²) < 4.78 is 1.29. The first-order valence-electron chi connectivity index (χ1n) is 10.7. The van der Waals surface area contributed by atoms with Gasteiger partial charge in [0.2, 0.25) is 0 Å². The maximum atomic E-state index is 4.89. The van der Waals surface area contributed by atoms with Crippen LogP contribution in [0.1, 0.15) is 0 Å². The molecule has 0 aliphatic carbocycles. The zero-order valence-electron chi connectivity index (χ0n) is 17.4. The molecular formula is C27H17N5S. The van der Waals surface area contributed by atoms with Crippen LogP contribution in [0.15, 0.2) is 90.6 Å². The highest BCUT2D eigenvalue weighted by Gasteiger charge is 2.10. The fourth-order valence-corrected chi connectivity index (χ4v) is 5.04. The highest BCUT2D eigenvalue weighted by Crippen LogP contribution is 2.30. The SMILES string of the molecule is c1cc(-c2nc3ccc(-c4ccc5[nH]c(-c6ccc7sccc7c6)nc5c4)cc3[nH]2)ccn1. The van der Waals surface area contributed by atoms with Crippen LogP contribution in [-0.4, -0.2) is 24.9 Å². The topological polar surface area (TPSA) is 70.2 Å². The minimum Gasteiger partial charge on any atom is -0.338 e. The highest BCUT2D eigenvalue weighted by atomic mass is 32.1. The van der Waals surface area contributed by atoms with Gasteiger partial charge in [0.15, 0.2) is 0 Å². The molecule has 0 aliphatic heterocycles. The molecule has 0 aliphatic rings. The zero-order chi connectivity index (χ0) is 21.8. The van der Waals surface area contributed by atoms with Gasteiger partial charge in [-0.1, -0.05) is 12.1 Å². The minimum atomic E-state index is 0.847. The Balaban J connectivity index is 1.27. The summed E-state index contributed by atoms with van der Waals surface area (Å²) in [5.74, 6) is 1.74. The molecule has 0 amide bonds. The van der Waals surface area contributed by atoms with Crippen molar-refractivity contribution in [1.29, 1.82) is 0 Å². The lowest BCUT2D eigenvalue weighted by molar-refractivity contribution is 1.28. The van der Waals surface area contributed by atoms with Crippen molar-refractivity contribution in [2.24, 2.45) is 0 Å². The number of fused-ring (bicyclic) bond motifs is 3. The number of pyridine rings is 1. The molecule has 5 nitrogen and oxygen atoms in total. The molecule has 0 saturated heterocycles. The maximum absolute atomic E-state index is 4.89. The van der Waals surface area contributed by atoms with E-state index in [2.05, 4.69) is 81.0 Å². The number of thiophene rings is 1. The molecule has 33 heavy (non-hydrogen) atoms. The first-order chi connectivity index (χ1) is 16.3. The molecule has 0 spiro atoms. The average molecular weight is 444 g/mol. The van der Waals surface area contributed by atoms with Gasteiger partial charge < -0.3 is 9.97 Å². The smallest absolute Gasteiger partial charge is 0.138 e. The third-order valence-electron chi connectivity index (χ3n) is 5.98. The second kappa shape index (κ2) is 7.12. The monoisotopic (exact) mass is 443 g/mol. The highest BCUT2D eigenvalue weighted by molar-refractivity contribution is 7.17. The van der Waals surface area contributed by atoms with Crippen LogP contribution in [0.3, 0.4) is 0 Å². The first-order valence-corrected chi connectivity index (χ1v) is 11.6. The predicted molar refractivity (Wildman–Crippen MR) is 135 cm³/mol. The molecule has 0 atom stereocenters. The summed E-state index contributed by atoms with van der Waals surface area (Å²) >= 11 is 1.76. The molecule has 0 fully saturated rings. The van der Waals surface area contributed by atoms with Gasteiger partial charge in [0.05, 0.1) is 22.1 Å². The Morgan fingerprint density at radius 3 is 2.27 bits per heavy atom. The number of aromatic amines is 2.